The van der Waals surface area contributed by atoms with E-state index in [2.05, 4.69) is 27.8 Å². The number of aromatic nitrogens is 4. The summed E-state index contributed by atoms with van der Waals surface area (Å²) < 4.78 is 1.80. The zero-order valence-electron chi connectivity index (χ0n) is 11.6. The first kappa shape index (κ1) is 13.6. The Morgan fingerprint density at radius 1 is 1.35 bits per heavy atom. The fourth-order valence-corrected chi connectivity index (χ4v) is 2.84. The molecule has 0 saturated heterocycles. The number of hydrogen-bond donors (Lipinski definition) is 1. The van der Waals surface area contributed by atoms with E-state index in [1.54, 1.807) is 16.4 Å². The lowest BCUT2D eigenvalue weighted by molar-refractivity contribution is 0.556. The van der Waals surface area contributed by atoms with Gasteiger partial charge in [0.05, 0.1) is 5.69 Å². The number of para-hydroxylation sites is 1. The van der Waals surface area contributed by atoms with Gasteiger partial charge in [0, 0.05) is 11.8 Å². The molecule has 1 atom stereocenters. The van der Waals surface area contributed by atoms with Crippen LogP contribution in [-0.4, -0.2) is 38.5 Å². The standard InChI is InChI=1S/C14H19N5S/c1-11(9-15-12-7-8-12)10-20-14-16-17-18-19(14)13-5-3-2-4-6-13/h2-6,11-12,15H,7-10H2,1H3. The maximum absolute atomic E-state index is 4.12. The highest BCUT2D eigenvalue weighted by Gasteiger charge is 2.21. The molecule has 0 spiro atoms. The van der Waals surface area contributed by atoms with Crippen molar-refractivity contribution in [2.24, 2.45) is 5.92 Å². The van der Waals surface area contributed by atoms with Gasteiger partial charge in [-0.2, -0.15) is 4.68 Å². The topological polar surface area (TPSA) is 55.6 Å². The molecule has 106 valence electrons. The number of nitrogens with one attached hydrogen (secondary N) is 1. The molecule has 5 nitrogen and oxygen atoms in total. The van der Waals surface area contributed by atoms with E-state index in [-0.39, 0.29) is 0 Å². The van der Waals surface area contributed by atoms with Gasteiger partial charge in [-0.25, -0.2) is 0 Å². The second-order valence-corrected chi connectivity index (χ2v) is 6.29. The van der Waals surface area contributed by atoms with Gasteiger partial charge in [0.1, 0.15) is 0 Å². The van der Waals surface area contributed by atoms with Gasteiger partial charge in [0.2, 0.25) is 5.16 Å². The van der Waals surface area contributed by atoms with Crippen LogP contribution in [0.3, 0.4) is 0 Å². The Morgan fingerprint density at radius 2 is 2.15 bits per heavy atom. The molecular weight excluding hydrogens is 270 g/mol. The summed E-state index contributed by atoms with van der Waals surface area (Å²) in [6.45, 7) is 3.34. The summed E-state index contributed by atoms with van der Waals surface area (Å²) in [5.41, 5.74) is 1.00. The molecular formula is C14H19N5S. The smallest absolute Gasteiger partial charge is 0.214 e. The first-order valence-electron chi connectivity index (χ1n) is 7.03. The van der Waals surface area contributed by atoms with Crippen LogP contribution in [0.2, 0.25) is 0 Å². The highest BCUT2D eigenvalue weighted by atomic mass is 32.2. The Bertz CT molecular complexity index is 538. The molecule has 0 radical (unpaired) electrons. The summed E-state index contributed by atoms with van der Waals surface area (Å²) in [5.74, 6) is 1.63. The molecule has 1 N–H and O–H groups in total. The molecule has 1 aliphatic carbocycles. The van der Waals surface area contributed by atoms with Crippen molar-refractivity contribution in [2.45, 2.75) is 31.0 Å². The highest BCUT2D eigenvalue weighted by Crippen LogP contribution is 2.22. The fourth-order valence-electron chi connectivity index (χ4n) is 1.93. The second-order valence-electron chi connectivity index (χ2n) is 5.31. The van der Waals surface area contributed by atoms with E-state index in [0.717, 1.165) is 29.2 Å². The van der Waals surface area contributed by atoms with Crippen LogP contribution in [-0.2, 0) is 0 Å². The minimum Gasteiger partial charge on any atom is -0.314 e. The normalized spacial score (nSPS) is 16.2. The van der Waals surface area contributed by atoms with Gasteiger partial charge < -0.3 is 5.32 Å². The third kappa shape index (κ3) is 3.58. The Kier molecular flexibility index (Phi) is 4.32. The number of tetrazole rings is 1. The van der Waals surface area contributed by atoms with Crippen molar-refractivity contribution in [3.63, 3.8) is 0 Å². The summed E-state index contributed by atoms with van der Waals surface area (Å²) in [4.78, 5) is 0. The monoisotopic (exact) mass is 289 g/mol. The lowest BCUT2D eigenvalue weighted by Gasteiger charge is -2.11. The van der Waals surface area contributed by atoms with Crippen molar-refractivity contribution in [3.05, 3.63) is 30.3 Å². The molecule has 1 heterocycles. The molecule has 6 heteroatoms. The Hall–Kier alpha value is -1.40. The fraction of sp³-hybridized carbons (Fsp3) is 0.500. The molecule has 1 fully saturated rings. The Labute approximate surface area is 123 Å². The minimum absolute atomic E-state index is 0.613. The van der Waals surface area contributed by atoms with Gasteiger partial charge in [-0.1, -0.05) is 36.9 Å². The molecule has 3 rings (SSSR count). The molecule has 2 aromatic rings. The van der Waals surface area contributed by atoms with E-state index in [0.29, 0.717) is 5.92 Å². The molecule has 1 aliphatic rings. The van der Waals surface area contributed by atoms with Crippen LogP contribution in [0, 0.1) is 5.92 Å². The second kappa shape index (κ2) is 6.37. The molecule has 1 saturated carbocycles. The Balaban J connectivity index is 1.56. The molecule has 0 amide bonds. The molecule has 1 aromatic carbocycles. The number of hydrogen-bond acceptors (Lipinski definition) is 5. The van der Waals surface area contributed by atoms with Crippen molar-refractivity contribution < 1.29 is 0 Å². The van der Waals surface area contributed by atoms with Crippen molar-refractivity contribution >= 4 is 11.8 Å². The maximum atomic E-state index is 4.12. The molecule has 0 bridgehead atoms. The van der Waals surface area contributed by atoms with Crippen LogP contribution in [0.5, 0.6) is 0 Å². The number of thioether (sulfide) groups is 1. The largest absolute Gasteiger partial charge is 0.314 e. The van der Waals surface area contributed by atoms with Crippen LogP contribution in [0.4, 0.5) is 0 Å². The van der Waals surface area contributed by atoms with Crippen molar-refractivity contribution in [2.75, 3.05) is 12.3 Å². The van der Waals surface area contributed by atoms with E-state index in [1.807, 2.05) is 30.3 Å². The molecule has 1 unspecified atom stereocenters. The average molecular weight is 289 g/mol. The molecule has 0 aliphatic heterocycles. The Morgan fingerprint density at radius 3 is 2.90 bits per heavy atom. The van der Waals surface area contributed by atoms with Crippen LogP contribution >= 0.6 is 11.8 Å². The zero-order chi connectivity index (χ0) is 13.8. The van der Waals surface area contributed by atoms with Crippen LogP contribution in [0.15, 0.2) is 35.5 Å². The van der Waals surface area contributed by atoms with Gasteiger partial charge in [-0.3, -0.25) is 0 Å². The van der Waals surface area contributed by atoms with Crippen LogP contribution in [0.1, 0.15) is 19.8 Å². The third-order valence-corrected chi connectivity index (χ3v) is 4.52. The van der Waals surface area contributed by atoms with E-state index in [1.165, 1.54) is 12.8 Å². The molecule has 1 aromatic heterocycles. The number of rotatable bonds is 7. The first-order valence-corrected chi connectivity index (χ1v) is 8.01. The van der Waals surface area contributed by atoms with Gasteiger partial charge in [0.25, 0.3) is 0 Å². The van der Waals surface area contributed by atoms with Crippen LogP contribution in [0.25, 0.3) is 5.69 Å². The van der Waals surface area contributed by atoms with Crippen LogP contribution < -0.4 is 5.32 Å². The van der Waals surface area contributed by atoms with Crippen molar-refractivity contribution in [3.8, 4) is 5.69 Å². The highest BCUT2D eigenvalue weighted by molar-refractivity contribution is 7.99. The number of nitrogens with zero attached hydrogens (tertiary/aromatic N) is 4. The first-order chi connectivity index (χ1) is 9.83. The summed E-state index contributed by atoms with van der Waals surface area (Å²) >= 11 is 1.72. The van der Waals surface area contributed by atoms with Gasteiger partial charge >= 0.3 is 0 Å². The number of benzene rings is 1. The minimum atomic E-state index is 0.613. The lowest BCUT2D eigenvalue weighted by atomic mass is 10.2. The van der Waals surface area contributed by atoms with E-state index >= 15 is 0 Å². The predicted octanol–water partition coefficient (Wildman–Crippen LogP) is 2.14. The predicted molar refractivity (Wildman–Crippen MR) is 80.1 cm³/mol. The van der Waals surface area contributed by atoms with Crippen molar-refractivity contribution in [1.29, 1.82) is 0 Å². The zero-order valence-corrected chi connectivity index (χ0v) is 12.4. The SMILES string of the molecule is CC(CNC1CC1)CSc1nnnn1-c1ccccc1. The molecule has 20 heavy (non-hydrogen) atoms. The maximum Gasteiger partial charge on any atom is 0.214 e. The van der Waals surface area contributed by atoms with Gasteiger partial charge in [-0.05, 0) is 47.9 Å². The van der Waals surface area contributed by atoms with Gasteiger partial charge in [0.15, 0.2) is 0 Å². The van der Waals surface area contributed by atoms with E-state index in [4.69, 9.17) is 0 Å². The van der Waals surface area contributed by atoms with Gasteiger partial charge in [-0.15, -0.1) is 5.10 Å². The third-order valence-electron chi connectivity index (χ3n) is 3.27. The van der Waals surface area contributed by atoms with Crippen molar-refractivity contribution in [1.82, 2.24) is 25.5 Å². The lowest BCUT2D eigenvalue weighted by Crippen LogP contribution is -2.24. The summed E-state index contributed by atoms with van der Waals surface area (Å²) in [5, 5.41) is 16.4. The summed E-state index contributed by atoms with van der Waals surface area (Å²) in [7, 11) is 0. The van der Waals surface area contributed by atoms with E-state index in [9.17, 15) is 0 Å². The van der Waals surface area contributed by atoms with E-state index < -0.39 is 0 Å². The summed E-state index contributed by atoms with van der Waals surface area (Å²) in [6, 6.07) is 10.8. The quantitative estimate of drug-likeness (QED) is 0.791. The summed E-state index contributed by atoms with van der Waals surface area (Å²) in [6.07, 6.45) is 2.68. The average Bonchev–Trinajstić information content (AvgIpc) is 3.20.